The predicted molar refractivity (Wildman–Crippen MR) is 141 cm³/mol. The number of alkyl halides is 3. The maximum Gasteiger partial charge on any atom is 0.534 e. The molecule has 1 unspecified atom stereocenters. The molecule has 37 heavy (non-hydrogen) atoms. The number of fused-ring (bicyclic) bond motifs is 1. The van der Waals surface area contributed by atoms with Crippen LogP contribution >= 0.6 is 0 Å². The lowest BCUT2D eigenvalue weighted by molar-refractivity contribution is -0.0523. The number of hydrogen-bond acceptors (Lipinski definition) is 4. The number of halogens is 3. The number of allylic oxidation sites excluding steroid dienone is 1. The molecule has 0 heterocycles. The van der Waals surface area contributed by atoms with Crippen LogP contribution in [0.5, 0.6) is 0 Å². The lowest BCUT2D eigenvalue weighted by Crippen LogP contribution is -2.66. The highest BCUT2D eigenvalue weighted by Gasteiger charge is 2.52. The first-order valence-electron chi connectivity index (χ1n) is 11.9. The standard InChI is InChI=1S/C28H29F3O4SSi/c1-27(2,3)37(23-13-6-4-7-14-23,24-15-8-5-9-16-24)35-26-19-18-22(34-36(32,33)28(29,30)31)20-21-12-10-11-17-25(21)26/h4-17,20,26H,18-19H2,1-3H3. The van der Waals surface area contributed by atoms with Gasteiger partial charge in [-0.25, -0.2) is 0 Å². The minimum atomic E-state index is -5.78. The fourth-order valence-corrected chi connectivity index (χ4v) is 10.1. The molecule has 9 heteroatoms. The summed E-state index contributed by atoms with van der Waals surface area (Å²) in [7, 11) is -8.77. The molecule has 3 aromatic carbocycles. The fraction of sp³-hybridized carbons (Fsp3) is 0.286. The van der Waals surface area contributed by atoms with Gasteiger partial charge in [-0.2, -0.15) is 21.6 Å². The van der Waals surface area contributed by atoms with E-state index in [0.717, 1.165) is 15.9 Å². The number of hydrogen-bond donors (Lipinski definition) is 0. The maximum atomic E-state index is 13.0. The van der Waals surface area contributed by atoms with E-state index in [9.17, 15) is 21.6 Å². The molecule has 0 aromatic heterocycles. The first kappa shape index (κ1) is 27.2. The van der Waals surface area contributed by atoms with Crippen LogP contribution in [0.25, 0.3) is 6.08 Å². The van der Waals surface area contributed by atoms with Gasteiger partial charge in [-0.15, -0.1) is 0 Å². The molecule has 0 fully saturated rings. The molecule has 0 amide bonds. The maximum absolute atomic E-state index is 13.0. The van der Waals surface area contributed by atoms with E-state index in [0.29, 0.717) is 5.56 Å². The molecule has 1 atom stereocenters. The van der Waals surface area contributed by atoms with Gasteiger partial charge in [0.05, 0.1) is 6.10 Å². The van der Waals surface area contributed by atoms with Crippen LogP contribution in [0.15, 0.2) is 90.7 Å². The predicted octanol–water partition coefficient (Wildman–Crippen LogP) is 6.31. The average Bonchev–Trinajstić information content (AvgIpc) is 3.00. The molecule has 0 radical (unpaired) electrons. The Kier molecular flexibility index (Phi) is 7.42. The molecule has 0 saturated heterocycles. The zero-order valence-corrected chi connectivity index (χ0v) is 22.6. The van der Waals surface area contributed by atoms with Gasteiger partial charge in [0.1, 0.15) is 5.76 Å². The molecule has 0 aliphatic heterocycles. The molecule has 1 aliphatic rings. The van der Waals surface area contributed by atoms with Gasteiger partial charge in [0.2, 0.25) is 0 Å². The third-order valence-corrected chi connectivity index (χ3v) is 12.6. The third-order valence-electron chi connectivity index (χ3n) is 6.55. The smallest absolute Gasteiger partial charge is 0.400 e. The average molecular weight is 547 g/mol. The van der Waals surface area contributed by atoms with Crippen molar-refractivity contribution in [3.8, 4) is 0 Å². The van der Waals surface area contributed by atoms with Crippen molar-refractivity contribution in [1.29, 1.82) is 0 Å². The summed E-state index contributed by atoms with van der Waals surface area (Å²) in [5.41, 5.74) is -4.17. The van der Waals surface area contributed by atoms with Crippen molar-refractivity contribution in [2.75, 3.05) is 0 Å². The van der Waals surface area contributed by atoms with Gasteiger partial charge >= 0.3 is 15.6 Å². The van der Waals surface area contributed by atoms with Crippen molar-refractivity contribution in [1.82, 2.24) is 0 Å². The molecule has 0 spiro atoms. The molecule has 0 bridgehead atoms. The van der Waals surface area contributed by atoms with Crippen LogP contribution in [0.3, 0.4) is 0 Å². The Morgan fingerprint density at radius 3 is 1.84 bits per heavy atom. The van der Waals surface area contributed by atoms with Crippen molar-refractivity contribution in [3.63, 3.8) is 0 Å². The van der Waals surface area contributed by atoms with Crippen LogP contribution in [0.4, 0.5) is 13.2 Å². The summed E-state index contributed by atoms with van der Waals surface area (Å²) in [6, 6.07) is 27.3. The minimum Gasteiger partial charge on any atom is -0.400 e. The van der Waals surface area contributed by atoms with Crippen molar-refractivity contribution in [3.05, 3.63) is 102 Å². The number of rotatable bonds is 6. The van der Waals surface area contributed by atoms with E-state index >= 15 is 0 Å². The monoisotopic (exact) mass is 546 g/mol. The van der Waals surface area contributed by atoms with Gasteiger partial charge < -0.3 is 8.61 Å². The van der Waals surface area contributed by atoms with Crippen LogP contribution in [-0.2, 0) is 18.7 Å². The van der Waals surface area contributed by atoms with E-state index in [1.54, 1.807) is 12.1 Å². The van der Waals surface area contributed by atoms with Crippen LogP contribution in [0.2, 0.25) is 5.04 Å². The second kappa shape index (κ2) is 10.1. The molecule has 0 saturated carbocycles. The van der Waals surface area contributed by atoms with E-state index in [1.807, 2.05) is 48.5 Å². The Labute approximate surface area is 217 Å². The van der Waals surface area contributed by atoms with Gasteiger partial charge in [-0.1, -0.05) is 106 Å². The van der Waals surface area contributed by atoms with E-state index in [-0.39, 0.29) is 23.6 Å². The zero-order valence-electron chi connectivity index (χ0n) is 20.8. The third kappa shape index (κ3) is 5.39. The quantitative estimate of drug-likeness (QED) is 0.207. The van der Waals surface area contributed by atoms with Crippen molar-refractivity contribution < 1.29 is 30.2 Å². The Morgan fingerprint density at radius 1 is 0.811 bits per heavy atom. The molecule has 1 aliphatic carbocycles. The Hall–Kier alpha value is -2.88. The van der Waals surface area contributed by atoms with Crippen LogP contribution in [0.1, 0.15) is 50.8 Å². The summed E-state index contributed by atoms with van der Waals surface area (Å²) in [6.07, 6.45) is 1.08. The van der Waals surface area contributed by atoms with Crippen LogP contribution in [0, 0.1) is 0 Å². The summed E-state index contributed by atoms with van der Waals surface area (Å²) >= 11 is 0. The molecule has 196 valence electrons. The highest BCUT2D eigenvalue weighted by Crippen LogP contribution is 2.43. The summed E-state index contributed by atoms with van der Waals surface area (Å²) in [5.74, 6) is -0.265. The first-order chi connectivity index (χ1) is 17.4. The van der Waals surface area contributed by atoms with Gasteiger partial charge in [-0.05, 0) is 39.0 Å². The normalized spacial score (nSPS) is 16.9. The molecule has 0 N–H and O–H groups in total. The number of benzene rings is 3. The minimum absolute atomic E-state index is 0.0349. The zero-order chi connectivity index (χ0) is 26.9. The molecular formula is C28H29F3O4SSi. The molecule has 4 nitrogen and oxygen atoms in total. The van der Waals surface area contributed by atoms with E-state index in [4.69, 9.17) is 4.43 Å². The second-order valence-electron chi connectivity index (χ2n) is 10.0. The highest BCUT2D eigenvalue weighted by atomic mass is 32.2. The lowest BCUT2D eigenvalue weighted by Gasteiger charge is -2.45. The molecule has 3 aromatic rings. The van der Waals surface area contributed by atoms with Crippen molar-refractivity contribution in [2.24, 2.45) is 0 Å². The largest absolute Gasteiger partial charge is 0.534 e. The Balaban J connectivity index is 1.81. The topological polar surface area (TPSA) is 52.6 Å². The Bertz CT molecular complexity index is 1330. The first-order valence-corrected chi connectivity index (χ1v) is 15.3. The second-order valence-corrected chi connectivity index (χ2v) is 15.8. The summed E-state index contributed by atoms with van der Waals surface area (Å²) in [4.78, 5) is 0. The SMILES string of the molecule is CC(C)(C)[Si](OC1CCC(OS(=O)(=O)C(F)(F)F)=Cc2ccccc21)(c1ccccc1)c1ccccc1. The molecule has 4 rings (SSSR count). The summed E-state index contributed by atoms with van der Waals surface area (Å²) < 4.78 is 74.4. The van der Waals surface area contributed by atoms with E-state index in [2.05, 4.69) is 49.2 Å². The van der Waals surface area contributed by atoms with E-state index < -0.39 is 30.0 Å². The molecular weight excluding hydrogens is 517 g/mol. The van der Waals surface area contributed by atoms with Crippen LogP contribution < -0.4 is 10.4 Å². The van der Waals surface area contributed by atoms with Gasteiger partial charge in [0, 0.05) is 6.42 Å². The summed E-state index contributed by atoms with van der Waals surface area (Å²) in [6.45, 7) is 6.43. The van der Waals surface area contributed by atoms with Crippen molar-refractivity contribution in [2.45, 2.75) is 50.3 Å². The van der Waals surface area contributed by atoms with Gasteiger partial charge in [-0.3, -0.25) is 0 Å². The van der Waals surface area contributed by atoms with Gasteiger partial charge in [0.25, 0.3) is 8.32 Å². The summed E-state index contributed by atoms with van der Waals surface area (Å²) in [5, 5.41) is 1.82. The fourth-order valence-electron chi connectivity index (χ4n) is 4.89. The Morgan fingerprint density at radius 2 is 1.32 bits per heavy atom. The van der Waals surface area contributed by atoms with E-state index in [1.165, 1.54) is 6.08 Å². The van der Waals surface area contributed by atoms with Crippen LogP contribution in [-0.4, -0.2) is 22.2 Å². The highest BCUT2D eigenvalue weighted by molar-refractivity contribution is 7.87. The van der Waals surface area contributed by atoms with Crippen molar-refractivity contribution >= 4 is 34.9 Å². The van der Waals surface area contributed by atoms with Gasteiger partial charge in [0.15, 0.2) is 0 Å². The lowest BCUT2D eigenvalue weighted by atomic mass is 10.0.